The average Bonchev–Trinajstić information content (AvgIpc) is 3.06. The van der Waals surface area contributed by atoms with Crippen LogP contribution in [0.5, 0.6) is 0 Å². The number of nitrogens with one attached hydrogen (secondary N) is 1. The highest BCUT2D eigenvalue weighted by molar-refractivity contribution is 5.92. The molecule has 1 fully saturated rings. The number of hydrogen-bond donors (Lipinski definition) is 2. The van der Waals surface area contributed by atoms with Crippen molar-refractivity contribution < 1.29 is 9.90 Å². The largest absolute Gasteiger partial charge is 0.386 e. The fraction of sp³-hybridized carbons (Fsp3) is 0.500. The number of aromatic nitrogens is 3. The van der Waals surface area contributed by atoms with Gasteiger partial charge in [0.25, 0.3) is 5.91 Å². The lowest BCUT2D eigenvalue weighted by molar-refractivity contribution is -0.000373. The van der Waals surface area contributed by atoms with Crippen molar-refractivity contribution in [3.8, 4) is 0 Å². The smallest absolute Gasteiger partial charge is 0.270 e. The van der Waals surface area contributed by atoms with E-state index < -0.39 is 5.60 Å². The highest BCUT2D eigenvalue weighted by Gasteiger charge is 2.36. The minimum absolute atomic E-state index is 0.0949. The van der Waals surface area contributed by atoms with Crippen LogP contribution < -0.4 is 10.2 Å². The Hall–Kier alpha value is -2.61. The van der Waals surface area contributed by atoms with Crippen molar-refractivity contribution in [2.24, 2.45) is 7.05 Å². The lowest BCUT2D eigenvalue weighted by atomic mass is 9.92. The Morgan fingerprint density at radius 2 is 2.27 bits per heavy atom. The first kappa shape index (κ1) is 18.2. The summed E-state index contributed by atoms with van der Waals surface area (Å²) in [5, 5.41) is 14.1. The molecule has 8 nitrogen and oxygen atoms in total. The Balaban J connectivity index is 1.70. The standard InChI is InChI=1S/C18H26N6O2/c1-19-15-10-16(21-13-20-15)24-9-5-7-18(26,12-24)11-23(3)17(25)14-6-4-8-22(14)2/h4,6,8,10,13,26H,5,7,9,11-12H2,1-3H3,(H,19,20,21)/t18-/m0/s1. The van der Waals surface area contributed by atoms with Crippen LogP contribution in [0.2, 0.25) is 0 Å². The lowest BCUT2D eigenvalue weighted by Crippen LogP contribution is -2.55. The van der Waals surface area contributed by atoms with Crippen LogP contribution in [0.25, 0.3) is 0 Å². The van der Waals surface area contributed by atoms with E-state index in [0.29, 0.717) is 18.7 Å². The van der Waals surface area contributed by atoms with Gasteiger partial charge in [0, 0.05) is 46.5 Å². The molecular formula is C18H26N6O2. The topological polar surface area (TPSA) is 86.5 Å². The number of β-amino-alcohol motifs (C(OH)–C–C–N with tert-alkyl or cyclic N) is 1. The van der Waals surface area contributed by atoms with Crippen molar-refractivity contribution in [2.75, 3.05) is 43.9 Å². The minimum atomic E-state index is -0.974. The normalized spacial score (nSPS) is 20.1. The lowest BCUT2D eigenvalue weighted by Gasteiger charge is -2.41. The van der Waals surface area contributed by atoms with E-state index in [1.54, 1.807) is 22.6 Å². The zero-order chi connectivity index (χ0) is 18.7. The molecule has 26 heavy (non-hydrogen) atoms. The van der Waals surface area contributed by atoms with Gasteiger partial charge in [-0.15, -0.1) is 0 Å². The van der Waals surface area contributed by atoms with Gasteiger partial charge in [-0.25, -0.2) is 9.97 Å². The highest BCUT2D eigenvalue weighted by Crippen LogP contribution is 2.26. The molecule has 8 heteroatoms. The fourth-order valence-corrected chi connectivity index (χ4v) is 3.49. The van der Waals surface area contributed by atoms with E-state index >= 15 is 0 Å². The number of amides is 1. The second-order valence-electron chi connectivity index (χ2n) is 6.93. The number of hydrogen-bond acceptors (Lipinski definition) is 6. The first-order chi connectivity index (χ1) is 12.4. The molecule has 0 spiro atoms. The summed E-state index contributed by atoms with van der Waals surface area (Å²) in [7, 11) is 5.38. The second-order valence-corrected chi connectivity index (χ2v) is 6.93. The zero-order valence-electron chi connectivity index (χ0n) is 15.5. The van der Waals surface area contributed by atoms with Crippen LogP contribution >= 0.6 is 0 Å². The molecule has 3 rings (SSSR count). The molecule has 0 radical (unpaired) electrons. The van der Waals surface area contributed by atoms with Crippen molar-refractivity contribution in [1.29, 1.82) is 0 Å². The van der Waals surface area contributed by atoms with E-state index in [1.807, 2.05) is 37.3 Å². The van der Waals surface area contributed by atoms with Crippen molar-refractivity contribution in [2.45, 2.75) is 18.4 Å². The molecule has 1 aliphatic rings. The maximum Gasteiger partial charge on any atom is 0.270 e. The molecule has 2 N–H and O–H groups in total. The first-order valence-electron chi connectivity index (χ1n) is 8.76. The van der Waals surface area contributed by atoms with E-state index in [1.165, 1.54) is 6.33 Å². The van der Waals surface area contributed by atoms with Crippen molar-refractivity contribution in [3.63, 3.8) is 0 Å². The molecule has 1 atom stereocenters. The minimum Gasteiger partial charge on any atom is -0.386 e. The van der Waals surface area contributed by atoms with Crippen LogP contribution in [-0.4, -0.2) is 69.8 Å². The molecular weight excluding hydrogens is 332 g/mol. The number of rotatable bonds is 5. The average molecular weight is 358 g/mol. The maximum absolute atomic E-state index is 12.6. The Kier molecular flexibility index (Phi) is 5.13. The number of aliphatic hydroxyl groups is 1. The third-order valence-electron chi connectivity index (χ3n) is 4.83. The molecule has 140 valence electrons. The second kappa shape index (κ2) is 7.33. The molecule has 0 aliphatic carbocycles. The van der Waals surface area contributed by atoms with E-state index in [-0.39, 0.29) is 12.5 Å². The molecule has 1 saturated heterocycles. The van der Waals surface area contributed by atoms with Gasteiger partial charge in [0.05, 0.1) is 12.1 Å². The van der Waals surface area contributed by atoms with Gasteiger partial charge in [0.15, 0.2) is 0 Å². The van der Waals surface area contributed by atoms with Crippen LogP contribution in [0.3, 0.4) is 0 Å². The first-order valence-corrected chi connectivity index (χ1v) is 8.76. The molecule has 3 heterocycles. The van der Waals surface area contributed by atoms with Crippen LogP contribution in [0.4, 0.5) is 11.6 Å². The summed E-state index contributed by atoms with van der Waals surface area (Å²) >= 11 is 0. The highest BCUT2D eigenvalue weighted by atomic mass is 16.3. The quantitative estimate of drug-likeness (QED) is 0.828. The van der Waals surface area contributed by atoms with Crippen molar-refractivity contribution in [3.05, 3.63) is 36.4 Å². The van der Waals surface area contributed by atoms with Crippen LogP contribution in [0.15, 0.2) is 30.7 Å². The predicted molar refractivity (Wildman–Crippen MR) is 100 cm³/mol. The molecule has 2 aromatic heterocycles. The van der Waals surface area contributed by atoms with Crippen molar-refractivity contribution >= 4 is 17.5 Å². The molecule has 1 amide bonds. The molecule has 0 unspecified atom stereocenters. The van der Waals surface area contributed by atoms with Gasteiger partial charge in [-0.05, 0) is 25.0 Å². The zero-order valence-corrected chi connectivity index (χ0v) is 15.5. The third kappa shape index (κ3) is 3.80. The van der Waals surface area contributed by atoms with Gasteiger partial charge < -0.3 is 24.8 Å². The third-order valence-corrected chi connectivity index (χ3v) is 4.83. The monoisotopic (exact) mass is 358 g/mol. The van der Waals surface area contributed by atoms with E-state index in [2.05, 4.69) is 15.3 Å². The fourth-order valence-electron chi connectivity index (χ4n) is 3.49. The Bertz CT molecular complexity index is 777. The SMILES string of the molecule is CNc1cc(N2CCC[C@](O)(CN(C)C(=O)c3cccn3C)C2)ncn1. The summed E-state index contributed by atoms with van der Waals surface area (Å²) in [6.45, 7) is 1.52. The van der Waals surface area contributed by atoms with Gasteiger partial charge in [-0.2, -0.15) is 0 Å². The van der Waals surface area contributed by atoms with Gasteiger partial charge >= 0.3 is 0 Å². The number of aryl methyl sites for hydroxylation is 1. The Labute approximate surface area is 153 Å². The number of carbonyl (C=O) groups excluding carboxylic acids is 1. The molecule has 0 aromatic carbocycles. The summed E-state index contributed by atoms with van der Waals surface area (Å²) < 4.78 is 1.79. The predicted octanol–water partition coefficient (Wildman–Crippen LogP) is 0.960. The number of likely N-dealkylation sites (N-methyl/N-ethyl adjacent to an activating group) is 1. The molecule has 0 bridgehead atoms. The molecule has 1 aliphatic heterocycles. The Morgan fingerprint density at radius 1 is 1.46 bits per heavy atom. The van der Waals surface area contributed by atoms with Gasteiger partial charge in [-0.3, -0.25) is 4.79 Å². The molecule has 2 aromatic rings. The van der Waals surface area contributed by atoms with Gasteiger partial charge in [0.1, 0.15) is 23.7 Å². The van der Waals surface area contributed by atoms with Gasteiger partial charge in [-0.1, -0.05) is 0 Å². The van der Waals surface area contributed by atoms with Gasteiger partial charge in [0.2, 0.25) is 0 Å². The number of anilines is 2. The Morgan fingerprint density at radius 3 is 2.96 bits per heavy atom. The van der Waals surface area contributed by atoms with Crippen molar-refractivity contribution in [1.82, 2.24) is 19.4 Å². The van der Waals surface area contributed by atoms with E-state index in [4.69, 9.17) is 0 Å². The summed E-state index contributed by atoms with van der Waals surface area (Å²) in [5.41, 5.74) is -0.364. The summed E-state index contributed by atoms with van der Waals surface area (Å²) in [5.74, 6) is 1.42. The van der Waals surface area contributed by atoms with E-state index in [0.717, 1.165) is 24.6 Å². The number of piperidine rings is 1. The number of nitrogens with zero attached hydrogens (tertiary/aromatic N) is 5. The summed E-state index contributed by atoms with van der Waals surface area (Å²) in [6.07, 6.45) is 4.84. The van der Waals surface area contributed by atoms with Crippen LogP contribution in [0, 0.1) is 0 Å². The molecule has 0 saturated carbocycles. The summed E-state index contributed by atoms with van der Waals surface area (Å²) in [4.78, 5) is 24.7. The number of carbonyl (C=O) groups is 1. The van der Waals surface area contributed by atoms with Crippen LogP contribution in [0.1, 0.15) is 23.3 Å². The maximum atomic E-state index is 12.6. The summed E-state index contributed by atoms with van der Waals surface area (Å²) in [6, 6.07) is 5.49. The van der Waals surface area contributed by atoms with Crippen LogP contribution in [-0.2, 0) is 7.05 Å². The van der Waals surface area contributed by atoms with E-state index in [9.17, 15) is 9.90 Å².